The molecule has 3 aromatic rings. The molecule has 21 heavy (non-hydrogen) atoms. The molecule has 3 rings (SSSR count). The van der Waals surface area contributed by atoms with E-state index < -0.39 is 11.7 Å². The number of hydrogen-bond donors (Lipinski definition) is 0. The first-order chi connectivity index (χ1) is 10.0. The number of benzene rings is 1. The van der Waals surface area contributed by atoms with Crippen LogP contribution >= 0.6 is 0 Å². The van der Waals surface area contributed by atoms with E-state index in [0.29, 0.717) is 11.4 Å². The Hall–Kier alpha value is -2.63. The molecule has 0 aliphatic heterocycles. The van der Waals surface area contributed by atoms with Crippen LogP contribution in [0.3, 0.4) is 0 Å². The fourth-order valence-electron chi connectivity index (χ4n) is 1.87. The third-order valence-electron chi connectivity index (χ3n) is 2.87. The van der Waals surface area contributed by atoms with Crippen molar-refractivity contribution >= 4 is 0 Å². The summed E-state index contributed by atoms with van der Waals surface area (Å²) in [5.41, 5.74) is 0.604. The van der Waals surface area contributed by atoms with Gasteiger partial charge in [0.25, 0.3) is 0 Å². The molecule has 0 amide bonds. The first kappa shape index (κ1) is 13.4. The van der Waals surface area contributed by atoms with E-state index in [1.807, 2.05) is 0 Å². The molecule has 0 bridgehead atoms. The molecule has 2 aromatic heterocycles. The van der Waals surface area contributed by atoms with Gasteiger partial charge in [0.15, 0.2) is 0 Å². The van der Waals surface area contributed by atoms with Crippen LogP contribution in [0.2, 0.25) is 0 Å². The lowest BCUT2D eigenvalue weighted by atomic mass is 10.1. The third-order valence-corrected chi connectivity index (χ3v) is 2.87. The maximum Gasteiger partial charge on any atom is 0.416 e. The Morgan fingerprint density at radius 2 is 1.81 bits per heavy atom. The summed E-state index contributed by atoms with van der Waals surface area (Å²) in [6.45, 7) is 0. The maximum atomic E-state index is 12.7. The van der Waals surface area contributed by atoms with E-state index in [2.05, 4.69) is 9.97 Å². The van der Waals surface area contributed by atoms with Gasteiger partial charge in [-0.05, 0) is 30.3 Å². The summed E-state index contributed by atoms with van der Waals surface area (Å²) < 4.78 is 43.3. The predicted molar refractivity (Wildman–Crippen MR) is 70.2 cm³/mol. The molecule has 0 fully saturated rings. The van der Waals surface area contributed by atoms with Crippen LogP contribution < -0.4 is 0 Å². The number of hydrogen-bond acceptors (Lipinski definition) is 3. The monoisotopic (exact) mass is 290 g/mol. The average Bonchev–Trinajstić information content (AvgIpc) is 2.97. The Bertz CT molecular complexity index is 751. The Balaban J connectivity index is 1.97. The summed E-state index contributed by atoms with van der Waals surface area (Å²) in [6.07, 6.45) is -1.42. The zero-order valence-electron chi connectivity index (χ0n) is 10.6. The second kappa shape index (κ2) is 5.05. The molecule has 1 aromatic carbocycles. The zero-order chi connectivity index (χ0) is 14.9. The number of pyridine rings is 1. The Kier molecular flexibility index (Phi) is 3.21. The summed E-state index contributed by atoms with van der Waals surface area (Å²) in [6, 6.07) is 10.2. The highest BCUT2D eigenvalue weighted by Crippen LogP contribution is 2.32. The minimum Gasteiger partial charge on any atom is -0.444 e. The van der Waals surface area contributed by atoms with Crippen LogP contribution in [0.5, 0.6) is 0 Å². The van der Waals surface area contributed by atoms with Crippen molar-refractivity contribution in [3.63, 3.8) is 0 Å². The van der Waals surface area contributed by atoms with Crippen molar-refractivity contribution in [2.75, 3.05) is 0 Å². The van der Waals surface area contributed by atoms with Gasteiger partial charge in [-0.25, -0.2) is 4.98 Å². The van der Waals surface area contributed by atoms with Crippen molar-refractivity contribution in [2.45, 2.75) is 6.18 Å². The number of halogens is 3. The smallest absolute Gasteiger partial charge is 0.416 e. The van der Waals surface area contributed by atoms with Crippen LogP contribution in [0.1, 0.15) is 5.56 Å². The van der Waals surface area contributed by atoms with Gasteiger partial charge in [0.1, 0.15) is 12.0 Å². The van der Waals surface area contributed by atoms with E-state index in [1.54, 1.807) is 24.4 Å². The molecule has 0 radical (unpaired) electrons. The standard InChI is InChI=1S/C15H9F3N2O/c16-15(17,18)11-5-3-4-10(8-11)14-20-13(9-21-14)12-6-1-2-7-19-12/h1-9H. The highest BCUT2D eigenvalue weighted by atomic mass is 19.4. The number of alkyl halides is 3. The van der Waals surface area contributed by atoms with Gasteiger partial charge >= 0.3 is 6.18 Å². The molecule has 0 spiro atoms. The van der Waals surface area contributed by atoms with Gasteiger partial charge in [-0.3, -0.25) is 4.98 Å². The van der Waals surface area contributed by atoms with E-state index in [9.17, 15) is 13.2 Å². The second-order valence-corrected chi connectivity index (χ2v) is 4.33. The van der Waals surface area contributed by atoms with Gasteiger partial charge in [-0.2, -0.15) is 13.2 Å². The quantitative estimate of drug-likeness (QED) is 0.701. The normalized spacial score (nSPS) is 11.6. The number of rotatable bonds is 2. The molecule has 106 valence electrons. The van der Waals surface area contributed by atoms with Crippen molar-refractivity contribution in [2.24, 2.45) is 0 Å². The summed E-state index contributed by atoms with van der Waals surface area (Å²) in [7, 11) is 0. The van der Waals surface area contributed by atoms with Crippen molar-refractivity contribution in [1.82, 2.24) is 9.97 Å². The lowest BCUT2D eigenvalue weighted by molar-refractivity contribution is -0.137. The predicted octanol–water partition coefficient (Wildman–Crippen LogP) is 4.42. The first-order valence-corrected chi connectivity index (χ1v) is 6.08. The van der Waals surface area contributed by atoms with Crippen LogP contribution in [-0.4, -0.2) is 9.97 Å². The van der Waals surface area contributed by atoms with Crippen LogP contribution in [0.15, 0.2) is 59.3 Å². The van der Waals surface area contributed by atoms with E-state index in [1.165, 1.54) is 18.4 Å². The fourth-order valence-corrected chi connectivity index (χ4v) is 1.87. The Morgan fingerprint density at radius 3 is 2.52 bits per heavy atom. The molecule has 3 nitrogen and oxygen atoms in total. The Labute approximate surface area is 118 Å². The molecule has 0 aliphatic rings. The Morgan fingerprint density at radius 1 is 0.952 bits per heavy atom. The van der Waals surface area contributed by atoms with E-state index in [0.717, 1.165) is 12.1 Å². The lowest BCUT2D eigenvalue weighted by Crippen LogP contribution is -2.04. The molecular weight excluding hydrogens is 281 g/mol. The summed E-state index contributed by atoms with van der Waals surface area (Å²) >= 11 is 0. The molecule has 0 unspecified atom stereocenters. The van der Waals surface area contributed by atoms with Gasteiger partial charge in [0.05, 0.1) is 11.3 Å². The molecule has 0 saturated carbocycles. The molecule has 0 N–H and O–H groups in total. The number of oxazole rings is 1. The molecular formula is C15H9F3N2O. The molecule has 2 heterocycles. The second-order valence-electron chi connectivity index (χ2n) is 4.33. The molecule has 6 heteroatoms. The number of aromatic nitrogens is 2. The van der Waals surface area contributed by atoms with Crippen LogP contribution in [-0.2, 0) is 6.18 Å². The third kappa shape index (κ3) is 2.79. The van der Waals surface area contributed by atoms with Crippen LogP contribution in [0.25, 0.3) is 22.8 Å². The number of nitrogens with zero attached hydrogens (tertiary/aromatic N) is 2. The average molecular weight is 290 g/mol. The SMILES string of the molecule is FC(F)(F)c1cccc(-c2nc(-c3ccccn3)co2)c1. The zero-order valence-corrected chi connectivity index (χ0v) is 10.6. The van der Waals surface area contributed by atoms with E-state index in [-0.39, 0.29) is 11.5 Å². The topological polar surface area (TPSA) is 38.9 Å². The van der Waals surface area contributed by atoms with Gasteiger partial charge in [-0.1, -0.05) is 12.1 Å². The van der Waals surface area contributed by atoms with Crippen molar-refractivity contribution < 1.29 is 17.6 Å². The summed E-state index contributed by atoms with van der Waals surface area (Å²) in [4.78, 5) is 8.29. The fraction of sp³-hybridized carbons (Fsp3) is 0.0667. The van der Waals surface area contributed by atoms with Gasteiger partial charge in [-0.15, -0.1) is 0 Å². The summed E-state index contributed by atoms with van der Waals surface area (Å²) in [5, 5.41) is 0. The molecule has 0 aliphatic carbocycles. The van der Waals surface area contributed by atoms with E-state index >= 15 is 0 Å². The minimum absolute atomic E-state index is 0.127. The van der Waals surface area contributed by atoms with Gasteiger partial charge < -0.3 is 4.42 Å². The van der Waals surface area contributed by atoms with Crippen LogP contribution in [0.4, 0.5) is 13.2 Å². The highest BCUT2D eigenvalue weighted by molar-refractivity contribution is 5.60. The lowest BCUT2D eigenvalue weighted by Gasteiger charge is -2.06. The molecule has 0 atom stereocenters. The maximum absolute atomic E-state index is 12.7. The van der Waals surface area contributed by atoms with Crippen LogP contribution in [0, 0.1) is 0 Å². The molecule has 0 saturated heterocycles. The first-order valence-electron chi connectivity index (χ1n) is 6.08. The van der Waals surface area contributed by atoms with Gasteiger partial charge in [0, 0.05) is 11.8 Å². The van der Waals surface area contributed by atoms with Crippen molar-refractivity contribution in [3.05, 3.63) is 60.5 Å². The summed E-state index contributed by atoms with van der Waals surface area (Å²) in [5.74, 6) is 0.127. The van der Waals surface area contributed by atoms with E-state index in [4.69, 9.17) is 4.42 Å². The van der Waals surface area contributed by atoms with Crippen molar-refractivity contribution in [3.8, 4) is 22.8 Å². The van der Waals surface area contributed by atoms with Crippen molar-refractivity contribution in [1.29, 1.82) is 0 Å². The highest BCUT2D eigenvalue weighted by Gasteiger charge is 2.30. The van der Waals surface area contributed by atoms with Gasteiger partial charge in [0.2, 0.25) is 5.89 Å². The minimum atomic E-state index is -4.40. The largest absolute Gasteiger partial charge is 0.444 e.